The Morgan fingerprint density at radius 2 is 0.844 bits per heavy atom. The molecule has 0 fully saturated rings. The van der Waals surface area contributed by atoms with Crippen molar-refractivity contribution in [1.29, 1.82) is 0 Å². The Labute approximate surface area is 213 Å². The van der Waals surface area contributed by atoms with Gasteiger partial charge in [0, 0.05) is 0 Å². The van der Waals surface area contributed by atoms with E-state index in [4.69, 9.17) is 79.1 Å². The first-order valence-corrected chi connectivity index (χ1v) is 11.1. The van der Waals surface area contributed by atoms with Crippen LogP contribution in [0.3, 0.4) is 0 Å². The van der Waals surface area contributed by atoms with E-state index in [9.17, 15) is 9.59 Å². The van der Waals surface area contributed by atoms with Gasteiger partial charge in [-0.1, -0.05) is 93.9 Å². The average Bonchev–Trinajstić information content (AvgIpc) is 2.73. The largest absolute Gasteiger partial charge is 0.457 e. The van der Waals surface area contributed by atoms with Crippen LogP contribution in [0.15, 0.2) is 72.8 Å². The Morgan fingerprint density at radius 1 is 0.531 bits per heavy atom. The van der Waals surface area contributed by atoms with Gasteiger partial charge in [0.25, 0.3) is 7.59 Å². The van der Waals surface area contributed by atoms with Crippen molar-refractivity contribution in [2.45, 2.75) is 7.59 Å². The van der Waals surface area contributed by atoms with Gasteiger partial charge in [-0.3, -0.25) is 9.59 Å². The van der Waals surface area contributed by atoms with Crippen molar-refractivity contribution >= 4 is 81.2 Å². The first kappa shape index (κ1) is 25.0. The predicted octanol–water partition coefficient (Wildman–Crippen LogP) is 8.38. The van der Waals surface area contributed by atoms with E-state index in [0.29, 0.717) is 11.5 Å². The van der Waals surface area contributed by atoms with Gasteiger partial charge >= 0.3 is 0 Å². The summed E-state index contributed by atoms with van der Waals surface area (Å²) < 4.78 is 7.32. The van der Waals surface area contributed by atoms with E-state index < -0.39 is 19.2 Å². The number of carbonyl (C=O) groups is 2. The number of carbonyl (C=O) groups excluding carboxylic acids is 2. The lowest BCUT2D eigenvalue weighted by Crippen LogP contribution is -2.19. The minimum atomic E-state index is -2.12. The van der Waals surface area contributed by atoms with Crippen LogP contribution in [-0.4, -0.2) is 19.2 Å². The molecule has 0 aromatic heterocycles. The van der Waals surface area contributed by atoms with Crippen LogP contribution in [0.4, 0.5) is 0 Å². The van der Waals surface area contributed by atoms with Gasteiger partial charge in [0.2, 0.25) is 11.6 Å². The van der Waals surface area contributed by atoms with E-state index in [1.54, 1.807) is 60.7 Å². The summed E-state index contributed by atoms with van der Waals surface area (Å²) in [5.41, 5.74) is 0.235. The van der Waals surface area contributed by atoms with Gasteiger partial charge in [-0.2, -0.15) is 0 Å². The maximum absolute atomic E-state index is 12.3. The fraction of sp³-hybridized carbons (Fsp3) is 0.0909. The zero-order chi connectivity index (χ0) is 23.5. The van der Waals surface area contributed by atoms with Gasteiger partial charge in [0.15, 0.2) is 0 Å². The highest BCUT2D eigenvalue weighted by molar-refractivity contribution is 6.78. The van der Waals surface area contributed by atoms with Crippen molar-refractivity contribution in [2.24, 2.45) is 0 Å². The zero-order valence-electron chi connectivity index (χ0n) is 15.8. The Morgan fingerprint density at radius 3 is 1.16 bits per heavy atom. The quantitative estimate of drug-likeness (QED) is 0.228. The maximum atomic E-state index is 12.3. The van der Waals surface area contributed by atoms with Crippen LogP contribution in [0.5, 0.6) is 23.0 Å². The first-order valence-electron chi connectivity index (χ1n) is 8.83. The Balaban J connectivity index is 1.80. The SMILES string of the molecule is O=C(c1ccccc1Oc1ccc(Oc2ccccc2C(=O)C(Cl)(Cl)Cl)cc1)C(Cl)(Cl)Cl. The molecule has 0 saturated heterocycles. The minimum Gasteiger partial charge on any atom is -0.457 e. The summed E-state index contributed by atoms with van der Waals surface area (Å²) in [7, 11) is 0. The molecule has 3 aromatic rings. The number of Topliss-reactive ketones (excluding diaryl/α,β-unsaturated/α-hetero) is 2. The second kappa shape index (κ2) is 10.1. The Kier molecular flexibility index (Phi) is 7.87. The van der Waals surface area contributed by atoms with E-state index in [-0.39, 0.29) is 22.6 Å². The number of ketones is 2. The summed E-state index contributed by atoms with van der Waals surface area (Å²) in [4.78, 5) is 24.7. The lowest BCUT2D eigenvalue weighted by Gasteiger charge is -2.15. The molecule has 166 valence electrons. The van der Waals surface area contributed by atoms with Crippen molar-refractivity contribution in [2.75, 3.05) is 0 Å². The highest BCUT2D eigenvalue weighted by Gasteiger charge is 2.34. The molecule has 0 radical (unpaired) electrons. The Hall–Kier alpha value is -1.66. The molecular weight excluding hydrogens is 541 g/mol. The van der Waals surface area contributed by atoms with Crippen molar-refractivity contribution in [3.63, 3.8) is 0 Å². The summed E-state index contributed by atoms with van der Waals surface area (Å²) >= 11 is 34.3. The summed E-state index contributed by atoms with van der Waals surface area (Å²) in [6.07, 6.45) is 0. The molecule has 10 heteroatoms. The molecule has 0 unspecified atom stereocenters. The van der Waals surface area contributed by atoms with Crippen LogP contribution >= 0.6 is 69.6 Å². The molecule has 0 spiro atoms. The molecule has 0 bridgehead atoms. The van der Waals surface area contributed by atoms with Crippen molar-refractivity contribution in [3.8, 4) is 23.0 Å². The summed E-state index contributed by atoms with van der Waals surface area (Å²) in [6.45, 7) is 0. The molecule has 0 amide bonds. The van der Waals surface area contributed by atoms with Crippen LogP contribution < -0.4 is 9.47 Å². The summed E-state index contributed by atoms with van der Waals surface area (Å²) in [6, 6.07) is 19.2. The minimum absolute atomic E-state index is 0.118. The normalized spacial score (nSPS) is 11.7. The van der Waals surface area contributed by atoms with Gasteiger partial charge < -0.3 is 9.47 Å². The monoisotopic (exact) mass is 550 g/mol. The number of halogens is 6. The second-order valence-corrected chi connectivity index (χ2v) is 10.9. The number of rotatable bonds is 6. The number of benzene rings is 3. The highest BCUT2D eigenvalue weighted by Crippen LogP contribution is 2.37. The van der Waals surface area contributed by atoms with Crippen molar-refractivity contribution in [3.05, 3.63) is 83.9 Å². The molecule has 4 nitrogen and oxygen atoms in total. The first-order chi connectivity index (χ1) is 15.0. The van der Waals surface area contributed by atoms with E-state index in [0.717, 1.165) is 0 Å². The van der Waals surface area contributed by atoms with Crippen molar-refractivity contribution in [1.82, 2.24) is 0 Å². The number of hydrogen-bond donors (Lipinski definition) is 0. The van der Waals surface area contributed by atoms with Gasteiger partial charge in [0.1, 0.15) is 23.0 Å². The smallest absolute Gasteiger partial charge is 0.253 e. The predicted molar refractivity (Wildman–Crippen MR) is 129 cm³/mol. The van der Waals surface area contributed by atoms with E-state index in [1.807, 2.05) is 0 Å². The van der Waals surface area contributed by atoms with Crippen LogP contribution in [0.25, 0.3) is 0 Å². The van der Waals surface area contributed by atoms with Crippen LogP contribution in [-0.2, 0) is 0 Å². The fourth-order valence-electron chi connectivity index (χ4n) is 2.62. The third kappa shape index (κ3) is 6.22. The second-order valence-electron chi connectivity index (χ2n) is 6.32. The lowest BCUT2D eigenvalue weighted by atomic mass is 10.1. The number of alkyl halides is 6. The topological polar surface area (TPSA) is 52.6 Å². The molecule has 3 rings (SSSR count). The molecule has 0 heterocycles. The molecule has 32 heavy (non-hydrogen) atoms. The molecular formula is C22H12Cl6O4. The summed E-state index contributed by atoms with van der Waals surface area (Å²) in [5.74, 6) is -0.200. The lowest BCUT2D eigenvalue weighted by molar-refractivity contribution is 0.0986. The van der Waals surface area contributed by atoms with Crippen LogP contribution in [0.2, 0.25) is 0 Å². The van der Waals surface area contributed by atoms with Gasteiger partial charge in [0.05, 0.1) is 11.1 Å². The molecule has 0 aliphatic rings. The number of para-hydroxylation sites is 2. The Bertz CT molecular complexity index is 1040. The van der Waals surface area contributed by atoms with Gasteiger partial charge in [-0.05, 0) is 48.5 Å². The van der Waals surface area contributed by atoms with Gasteiger partial charge in [-0.25, -0.2) is 0 Å². The maximum Gasteiger partial charge on any atom is 0.253 e. The molecule has 0 aliphatic heterocycles. The third-order valence-corrected chi connectivity index (χ3v) is 5.09. The zero-order valence-corrected chi connectivity index (χ0v) is 20.4. The van der Waals surface area contributed by atoms with E-state index in [2.05, 4.69) is 0 Å². The van der Waals surface area contributed by atoms with Crippen LogP contribution in [0, 0.1) is 0 Å². The van der Waals surface area contributed by atoms with Gasteiger partial charge in [-0.15, -0.1) is 0 Å². The molecule has 3 aromatic carbocycles. The number of hydrogen-bond acceptors (Lipinski definition) is 4. The molecule has 0 saturated carbocycles. The fourth-order valence-corrected chi connectivity index (χ4v) is 3.23. The third-order valence-electron chi connectivity index (χ3n) is 4.06. The summed E-state index contributed by atoms with van der Waals surface area (Å²) in [5, 5.41) is 0. The molecule has 0 aliphatic carbocycles. The number of ether oxygens (including phenoxy) is 2. The van der Waals surface area contributed by atoms with Crippen molar-refractivity contribution < 1.29 is 19.1 Å². The van der Waals surface area contributed by atoms with E-state index in [1.165, 1.54) is 12.1 Å². The standard InChI is InChI=1S/C22H12Cl6O4/c23-21(24,25)19(29)15-5-1-3-7-17(15)31-13-9-11-14(12-10-13)32-18-8-4-2-6-16(18)20(30)22(26,27)28/h1-12H. The molecule has 0 atom stereocenters. The van der Waals surface area contributed by atoms with Crippen LogP contribution in [0.1, 0.15) is 20.7 Å². The highest BCUT2D eigenvalue weighted by atomic mass is 35.6. The molecule has 0 N–H and O–H groups in total. The average molecular weight is 553 g/mol. The van der Waals surface area contributed by atoms with E-state index >= 15 is 0 Å².